The fourth-order valence-electron chi connectivity index (χ4n) is 2.33. The number of carbonyl (C=O) groups is 1. The first kappa shape index (κ1) is 13.4. The fraction of sp³-hybridized carbons (Fsp3) is 0.500. The van der Waals surface area contributed by atoms with Crippen molar-refractivity contribution >= 4 is 23.1 Å². The van der Waals surface area contributed by atoms with Crippen LogP contribution in [0.25, 0.3) is 0 Å². The minimum atomic E-state index is 0.0388. The molecule has 0 amide bonds. The van der Waals surface area contributed by atoms with Crippen LogP contribution in [0.5, 0.6) is 0 Å². The molecule has 1 aliphatic rings. The lowest BCUT2D eigenvalue weighted by atomic mass is 10.1. The first-order chi connectivity index (χ1) is 8.61. The van der Waals surface area contributed by atoms with E-state index in [0.29, 0.717) is 10.6 Å². The molecule has 1 heterocycles. The van der Waals surface area contributed by atoms with Crippen molar-refractivity contribution in [1.29, 1.82) is 0 Å². The number of hydrogen-bond acceptors (Lipinski definition) is 3. The Bertz CT molecular complexity index is 447. The van der Waals surface area contributed by atoms with E-state index in [0.717, 1.165) is 31.6 Å². The predicted octanol–water partition coefficient (Wildman–Crippen LogP) is 3.16. The van der Waals surface area contributed by atoms with Gasteiger partial charge in [0, 0.05) is 25.8 Å². The van der Waals surface area contributed by atoms with E-state index in [1.807, 2.05) is 12.1 Å². The molecule has 1 aromatic rings. The van der Waals surface area contributed by atoms with Crippen molar-refractivity contribution in [3.63, 3.8) is 0 Å². The molecular weight excluding hydrogens is 250 g/mol. The molecule has 1 aromatic carbocycles. The Labute approximate surface area is 113 Å². The van der Waals surface area contributed by atoms with Gasteiger partial charge in [-0.05, 0) is 38.0 Å². The van der Waals surface area contributed by atoms with E-state index < -0.39 is 0 Å². The zero-order chi connectivity index (χ0) is 13.1. The first-order valence-electron chi connectivity index (χ1n) is 6.20. The number of rotatable bonds is 3. The molecule has 3 nitrogen and oxygen atoms in total. The average Bonchev–Trinajstić information content (AvgIpc) is 2.38. The van der Waals surface area contributed by atoms with E-state index >= 15 is 0 Å². The van der Waals surface area contributed by atoms with E-state index in [1.54, 1.807) is 20.1 Å². The number of nitrogens with zero attached hydrogens (tertiary/aromatic N) is 1. The molecule has 98 valence electrons. The number of ketones is 1. The number of benzene rings is 1. The van der Waals surface area contributed by atoms with Crippen LogP contribution >= 0.6 is 11.6 Å². The van der Waals surface area contributed by atoms with Crippen molar-refractivity contribution < 1.29 is 9.53 Å². The third-order valence-electron chi connectivity index (χ3n) is 3.41. The second-order valence-corrected chi connectivity index (χ2v) is 5.08. The van der Waals surface area contributed by atoms with Crippen molar-refractivity contribution in [2.45, 2.75) is 25.9 Å². The van der Waals surface area contributed by atoms with Crippen LogP contribution in [0.3, 0.4) is 0 Å². The highest BCUT2D eigenvalue weighted by atomic mass is 35.5. The van der Waals surface area contributed by atoms with Crippen LogP contribution in [0.2, 0.25) is 5.02 Å². The van der Waals surface area contributed by atoms with E-state index in [2.05, 4.69) is 4.90 Å². The molecule has 1 aliphatic heterocycles. The second kappa shape index (κ2) is 5.72. The van der Waals surface area contributed by atoms with Crippen LogP contribution in [0.4, 0.5) is 5.69 Å². The maximum absolute atomic E-state index is 11.3. The van der Waals surface area contributed by atoms with Crippen molar-refractivity contribution in [2.75, 3.05) is 25.1 Å². The number of anilines is 1. The summed E-state index contributed by atoms with van der Waals surface area (Å²) in [4.78, 5) is 13.5. The minimum Gasteiger partial charge on any atom is -0.380 e. The molecule has 0 saturated carbocycles. The van der Waals surface area contributed by atoms with Crippen molar-refractivity contribution in [2.24, 2.45) is 0 Å². The van der Waals surface area contributed by atoms with Gasteiger partial charge in [0.05, 0.1) is 16.8 Å². The van der Waals surface area contributed by atoms with Gasteiger partial charge in [-0.25, -0.2) is 0 Å². The van der Waals surface area contributed by atoms with E-state index in [9.17, 15) is 4.79 Å². The molecule has 1 unspecified atom stereocenters. The zero-order valence-electron chi connectivity index (χ0n) is 10.8. The summed E-state index contributed by atoms with van der Waals surface area (Å²) in [6.07, 6.45) is 2.46. The number of halogens is 1. The van der Waals surface area contributed by atoms with Gasteiger partial charge in [0.25, 0.3) is 0 Å². The van der Waals surface area contributed by atoms with E-state index in [1.165, 1.54) is 0 Å². The number of hydrogen-bond donors (Lipinski definition) is 0. The lowest BCUT2D eigenvalue weighted by Gasteiger charge is -2.34. The lowest BCUT2D eigenvalue weighted by molar-refractivity contribution is 0.0893. The van der Waals surface area contributed by atoms with Crippen molar-refractivity contribution in [1.82, 2.24) is 0 Å². The topological polar surface area (TPSA) is 29.5 Å². The summed E-state index contributed by atoms with van der Waals surface area (Å²) >= 11 is 6.26. The van der Waals surface area contributed by atoms with Gasteiger partial charge in [0.1, 0.15) is 0 Å². The SMILES string of the molecule is COC1CCCN(c2ccc(C(C)=O)cc2Cl)C1. The molecule has 2 rings (SSSR count). The van der Waals surface area contributed by atoms with Crippen molar-refractivity contribution in [3.05, 3.63) is 28.8 Å². The zero-order valence-corrected chi connectivity index (χ0v) is 11.5. The molecule has 18 heavy (non-hydrogen) atoms. The van der Waals surface area contributed by atoms with Gasteiger partial charge in [-0.3, -0.25) is 4.79 Å². The van der Waals surface area contributed by atoms with Crippen LogP contribution in [0.1, 0.15) is 30.1 Å². The molecule has 0 aromatic heterocycles. The standard InChI is InChI=1S/C14H18ClNO2/c1-10(17)11-5-6-14(13(15)8-11)16-7-3-4-12(9-16)18-2/h5-6,8,12H,3-4,7,9H2,1-2H3. The molecule has 0 aliphatic carbocycles. The van der Waals surface area contributed by atoms with Gasteiger partial charge in [-0.15, -0.1) is 0 Å². The molecule has 4 heteroatoms. The molecule has 1 atom stereocenters. The van der Waals surface area contributed by atoms with Crippen LogP contribution < -0.4 is 4.90 Å². The first-order valence-corrected chi connectivity index (χ1v) is 6.58. The number of methoxy groups -OCH3 is 1. The Morgan fingerprint density at radius 1 is 1.50 bits per heavy atom. The Hall–Kier alpha value is -1.06. The molecule has 0 radical (unpaired) electrons. The molecule has 0 N–H and O–H groups in total. The fourth-order valence-corrected chi connectivity index (χ4v) is 2.63. The van der Waals surface area contributed by atoms with Gasteiger partial charge >= 0.3 is 0 Å². The molecule has 0 bridgehead atoms. The normalized spacial score (nSPS) is 19.9. The van der Waals surface area contributed by atoms with Crippen molar-refractivity contribution in [3.8, 4) is 0 Å². The summed E-state index contributed by atoms with van der Waals surface area (Å²) in [5.41, 5.74) is 1.65. The van der Waals surface area contributed by atoms with Crippen LogP contribution in [0.15, 0.2) is 18.2 Å². The van der Waals surface area contributed by atoms with Gasteiger partial charge in [-0.1, -0.05) is 11.6 Å². The summed E-state index contributed by atoms with van der Waals surface area (Å²) < 4.78 is 5.41. The molecule has 1 fully saturated rings. The third-order valence-corrected chi connectivity index (χ3v) is 3.71. The molecular formula is C14H18ClNO2. The predicted molar refractivity (Wildman–Crippen MR) is 73.7 cm³/mol. The Morgan fingerprint density at radius 2 is 2.28 bits per heavy atom. The Kier molecular flexibility index (Phi) is 4.25. The second-order valence-electron chi connectivity index (χ2n) is 4.67. The Morgan fingerprint density at radius 3 is 2.89 bits per heavy atom. The Balaban J connectivity index is 2.20. The summed E-state index contributed by atoms with van der Waals surface area (Å²) in [6, 6.07) is 5.51. The maximum Gasteiger partial charge on any atom is 0.159 e. The molecule has 0 spiro atoms. The van der Waals surface area contributed by atoms with Gasteiger partial charge in [0.15, 0.2) is 5.78 Å². The summed E-state index contributed by atoms with van der Waals surface area (Å²) in [7, 11) is 1.74. The number of carbonyl (C=O) groups excluding carboxylic acids is 1. The van der Waals surface area contributed by atoms with Gasteiger partial charge in [0.2, 0.25) is 0 Å². The largest absolute Gasteiger partial charge is 0.380 e. The smallest absolute Gasteiger partial charge is 0.159 e. The molecule has 1 saturated heterocycles. The highest BCUT2D eigenvalue weighted by Gasteiger charge is 2.21. The lowest BCUT2D eigenvalue weighted by Crippen LogP contribution is -2.39. The highest BCUT2D eigenvalue weighted by Crippen LogP contribution is 2.29. The minimum absolute atomic E-state index is 0.0388. The summed E-state index contributed by atoms with van der Waals surface area (Å²) in [5.74, 6) is 0.0388. The third kappa shape index (κ3) is 2.85. The monoisotopic (exact) mass is 267 g/mol. The van der Waals surface area contributed by atoms with Gasteiger partial charge < -0.3 is 9.64 Å². The quantitative estimate of drug-likeness (QED) is 0.788. The van der Waals surface area contributed by atoms with E-state index in [4.69, 9.17) is 16.3 Å². The van der Waals surface area contributed by atoms with Crippen LogP contribution in [-0.4, -0.2) is 32.1 Å². The summed E-state index contributed by atoms with van der Waals surface area (Å²) in [6.45, 7) is 3.39. The number of ether oxygens (including phenoxy) is 1. The average molecular weight is 268 g/mol. The highest BCUT2D eigenvalue weighted by molar-refractivity contribution is 6.33. The number of Topliss-reactive ketones (excluding diaryl/α,β-unsaturated/α-hetero) is 1. The van der Waals surface area contributed by atoms with Crippen LogP contribution in [0, 0.1) is 0 Å². The van der Waals surface area contributed by atoms with E-state index in [-0.39, 0.29) is 11.9 Å². The maximum atomic E-state index is 11.3. The number of piperidine rings is 1. The summed E-state index contributed by atoms with van der Waals surface area (Å²) in [5, 5.41) is 0.638. The van der Waals surface area contributed by atoms with Crippen LogP contribution in [-0.2, 0) is 4.74 Å². The van der Waals surface area contributed by atoms with Gasteiger partial charge in [-0.2, -0.15) is 0 Å².